The van der Waals surface area contributed by atoms with Gasteiger partial charge < -0.3 is 10.2 Å². The van der Waals surface area contributed by atoms with Crippen molar-refractivity contribution in [3.8, 4) is 0 Å². The van der Waals surface area contributed by atoms with E-state index in [1.165, 1.54) is 11.1 Å². The Bertz CT molecular complexity index is 336. The highest BCUT2D eigenvalue weighted by Crippen LogP contribution is 2.39. The summed E-state index contributed by atoms with van der Waals surface area (Å²) in [6, 6.07) is 8.34. The highest BCUT2D eigenvalue weighted by atomic mass is 16.3. The highest BCUT2D eigenvalue weighted by molar-refractivity contribution is 5.23. The van der Waals surface area contributed by atoms with Gasteiger partial charge >= 0.3 is 0 Å². The highest BCUT2D eigenvalue weighted by Gasteiger charge is 2.39. The molecule has 0 aromatic heterocycles. The van der Waals surface area contributed by atoms with E-state index in [-0.39, 0.29) is 11.7 Å². The van der Waals surface area contributed by atoms with Crippen molar-refractivity contribution in [1.82, 2.24) is 0 Å². The molecule has 1 aliphatic carbocycles. The van der Waals surface area contributed by atoms with Crippen LogP contribution in [0.4, 0.5) is 0 Å². The maximum absolute atomic E-state index is 9.73. The van der Waals surface area contributed by atoms with E-state index in [1.807, 2.05) is 0 Å². The third-order valence-corrected chi connectivity index (χ3v) is 3.26. The summed E-state index contributed by atoms with van der Waals surface area (Å²) in [7, 11) is 0. The van der Waals surface area contributed by atoms with Gasteiger partial charge in [0.2, 0.25) is 0 Å². The smallest absolute Gasteiger partial charge is 0.0653 e. The van der Waals surface area contributed by atoms with E-state index in [0.29, 0.717) is 6.42 Å². The second-order valence-corrected chi connectivity index (χ2v) is 5.09. The number of benzene rings is 1. The van der Waals surface area contributed by atoms with Gasteiger partial charge in [-0.1, -0.05) is 24.3 Å². The number of hydrogen-bond donors (Lipinski definition) is 2. The van der Waals surface area contributed by atoms with E-state index in [2.05, 4.69) is 24.3 Å². The summed E-state index contributed by atoms with van der Waals surface area (Å²) in [5.41, 5.74) is 2.09. The van der Waals surface area contributed by atoms with Crippen LogP contribution in [0.25, 0.3) is 0 Å². The van der Waals surface area contributed by atoms with E-state index in [0.717, 1.165) is 25.7 Å². The molecule has 1 saturated carbocycles. The van der Waals surface area contributed by atoms with Gasteiger partial charge in [0.05, 0.1) is 11.7 Å². The van der Waals surface area contributed by atoms with Gasteiger partial charge in [0.25, 0.3) is 0 Å². The second-order valence-electron chi connectivity index (χ2n) is 5.09. The lowest BCUT2D eigenvalue weighted by Crippen LogP contribution is -2.08. The van der Waals surface area contributed by atoms with Crippen LogP contribution in [0.15, 0.2) is 24.3 Å². The molecular weight excluding hydrogens is 200 g/mol. The van der Waals surface area contributed by atoms with Gasteiger partial charge in [-0.25, -0.2) is 0 Å². The molecule has 0 radical (unpaired) electrons. The first-order chi connectivity index (χ1) is 7.57. The summed E-state index contributed by atoms with van der Waals surface area (Å²) in [4.78, 5) is 0. The summed E-state index contributed by atoms with van der Waals surface area (Å²) in [5.74, 6) is 0. The van der Waals surface area contributed by atoms with Crippen LogP contribution in [0.2, 0.25) is 0 Å². The molecule has 0 aliphatic heterocycles. The molecule has 2 N–H and O–H groups in total. The fraction of sp³-hybridized carbons (Fsp3) is 0.571. The van der Waals surface area contributed by atoms with Crippen LogP contribution in [0.5, 0.6) is 0 Å². The molecule has 2 heteroatoms. The Morgan fingerprint density at radius 2 is 1.75 bits per heavy atom. The van der Waals surface area contributed by atoms with E-state index in [4.69, 9.17) is 0 Å². The van der Waals surface area contributed by atoms with Crippen molar-refractivity contribution in [2.24, 2.45) is 0 Å². The normalized spacial score (nSPS) is 19.4. The lowest BCUT2D eigenvalue weighted by molar-refractivity contribution is 0.140. The molecule has 1 unspecified atom stereocenters. The zero-order valence-electron chi connectivity index (χ0n) is 9.82. The van der Waals surface area contributed by atoms with Crippen molar-refractivity contribution in [1.29, 1.82) is 0 Å². The van der Waals surface area contributed by atoms with Gasteiger partial charge in [-0.2, -0.15) is 0 Å². The van der Waals surface area contributed by atoms with Crippen LogP contribution in [0.3, 0.4) is 0 Å². The predicted molar refractivity (Wildman–Crippen MR) is 64.3 cm³/mol. The number of hydrogen-bond acceptors (Lipinski definition) is 2. The Morgan fingerprint density at radius 1 is 1.19 bits per heavy atom. The van der Waals surface area contributed by atoms with E-state index >= 15 is 0 Å². The van der Waals surface area contributed by atoms with Gasteiger partial charge in [0, 0.05) is 0 Å². The van der Waals surface area contributed by atoms with Crippen molar-refractivity contribution in [2.45, 2.75) is 50.7 Å². The monoisotopic (exact) mass is 220 g/mol. The zero-order valence-corrected chi connectivity index (χ0v) is 9.82. The summed E-state index contributed by atoms with van der Waals surface area (Å²) in [6.45, 7) is 1.80. The minimum atomic E-state index is -0.349. The Labute approximate surface area is 96.9 Å². The Morgan fingerprint density at radius 3 is 2.25 bits per heavy atom. The third-order valence-electron chi connectivity index (χ3n) is 3.26. The van der Waals surface area contributed by atoms with Crippen molar-refractivity contribution >= 4 is 0 Å². The molecule has 2 rings (SSSR count). The van der Waals surface area contributed by atoms with E-state index in [1.54, 1.807) is 6.92 Å². The SMILES string of the molecule is CC(O)Cc1ccc(CCC2(O)CC2)cc1. The summed E-state index contributed by atoms with van der Waals surface area (Å²) >= 11 is 0. The van der Waals surface area contributed by atoms with Gasteiger partial charge in [0.1, 0.15) is 0 Å². The molecular formula is C14H20O2. The molecule has 2 nitrogen and oxygen atoms in total. The molecule has 0 amide bonds. The van der Waals surface area contributed by atoms with Crippen LogP contribution in [0.1, 0.15) is 37.3 Å². The maximum Gasteiger partial charge on any atom is 0.0653 e. The Hall–Kier alpha value is -0.860. The molecule has 1 aromatic carbocycles. The Kier molecular flexibility index (Phi) is 3.31. The summed E-state index contributed by atoms with van der Waals surface area (Å²) in [5, 5.41) is 19.0. The van der Waals surface area contributed by atoms with Gasteiger partial charge in [0.15, 0.2) is 0 Å². The van der Waals surface area contributed by atoms with Gasteiger partial charge in [-0.15, -0.1) is 0 Å². The largest absolute Gasteiger partial charge is 0.393 e. The number of aryl methyl sites for hydroxylation is 1. The molecule has 1 aromatic rings. The minimum Gasteiger partial charge on any atom is -0.393 e. The lowest BCUT2D eigenvalue weighted by Gasteiger charge is -2.08. The van der Waals surface area contributed by atoms with Crippen molar-refractivity contribution in [3.63, 3.8) is 0 Å². The average Bonchev–Trinajstić information content (AvgIpc) is 2.96. The lowest BCUT2D eigenvalue weighted by atomic mass is 10.0. The van der Waals surface area contributed by atoms with Crippen molar-refractivity contribution < 1.29 is 10.2 Å². The Balaban J connectivity index is 1.86. The number of aliphatic hydroxyl groups excluding tert-OH is 1. The van der Waals surface area contributed by atoms with Crippen LogP contribution >= 0.6 is 0 Å². The fourth-order valence-electron chi connectivity index (χ4n) is 1.95. The quantitative estimate of drug-likeness (QED) is 0.797. The van der Waals surface area contributed by atoms with Crippen molar-refractivity contribution in [2.75, 3.05) is 0 Å². The number of aliphatic hydroxyl groups is 2. The fourth-order valence-corrected chi connectivity index (χ4v) is 1.95. The third kappa shape index (κ3) is 3.32. The first-order valence-corrected chi connectivity index (χ1v) is 6.06. The molecule has 0 bridgehead atoms. The summed E-state index contributed by atoms with van der Waals surface area (Å²) in [6.07, 6.45) is 4.19. The predicted octanol–water partition coefficient (Wildman–Crippen LogP) is 2.07. The minimum absolute atomic E-state index is 0.280. The topological polar surface area (TPSA) is 40.5 Å². The standard InChI is InChI=1S/C14H20O2/c1-11(15)10-13-4-2-12(3-5-13)6-7-14(16)8-9-14/h2-5,11,15-16H,6-10H2,1H3. The van der Waals surface area contributed by atoms with Crippen LogP contribution in [-0.2, 0) is 12.8 Å². The average molecular weight is 220 g/mol. The number of rotatable bonds is 5. The van der Waals surface area contributed by atoms with E-state index < -0.39 is 0 Å². The zero-order chi connectivity index (χ0) is 11.6. The molecule has 0 spiro atoms. The molecule has 1 aliphatic rings. The molecule has 88 valence electrons. The second kappa shape index (κ2) is 4.56. The van der Waals surface area contributed by atoms with Gasteiger partial charge in [-0.05, 0) is 50.2 Å². The summed E-state index contributed by atoms with van der Waals surface area (Å²) < 4.78 is 0. The van der Waals surface area contributed by atoms with Crippen molar-refractivity contribution in [3.05, 3.63) is 35.4 Å². The first-order valence-electron chi connectivity index (χ1n) is 6.06. The maximum atomic E-state index is 9.73. The molecule has 1 atom stereocenters. The molecule has 0 saturated heterocycles. The van der Waals surface area contributed by atoms with Crippen LogP contribution in [0, 0.1) is 0 Å². The first kappa shape index (κ1) is 11.6. The molecule has 16 heavy (non-hydrogen) atoms. The van der Waals surface area contributed by atoms with Crippen LogP contribution < -0.4 is 0 Å². The molecule has 1 fully saturated rings. The van der Waals surface area contributed by atoms with E-state index in [9.17, 15) is 10.2 Å². The van der Waals surface area contributed by atoms with Gasteiger partial charge in [-0.3, -0.25) is 0 Å². The molecule has 0 heterocycles. The van der Waals surface area contributed by atoms with Crippen LogP contribution in [-0.4, -0.2) is 21.9 Å².